The topological polar surface area (TPSA) is 124 Å². The summed E-state index contributed by atoms with van der Waals surface area (Å²) in [6.45, 7) is 0. The van der Waals surface area contributed by atoms with E-state index in [0.717, 1.165) is 40.5 Å². The van der Waals surface area contributed by atoms with Crippen molar-refractivity contribution < 1.29 is 14.3 Å². The SMILES string of the molecule is COc1ccc(NC(=O)Nc2nc(CSc3ccccc3)c(Sc3nnnn3C)s2)c(C(=O)C2CCCC2)c1. The summed E-state index contributed by atoms with van der Waals surface area (Å²) in [6, 6.07) is 14.7. The number of ether oxygens (including phenoxy) is 1. The minimum absolute atomic E-state index is 0.0287. The van der Waals surface area contributed by atoms with Gasteiger partial charge in [-0.25, -0.2) is 14.5 Å². The molecule has 0 radical (unpaired) electrons. The zero-order valence-electron chi connectivity index (χ0n) is 21.4. The quantitative estimate of drug-likeness (QED) is 0.168. The minimum atomic E-state index is -0.478. The smallest absolute Gasteiger partial charge is 0.325 e. The van der Waals surface area contributed by atoms with E-state index in [2.05, 4.69) is 26.2 Å². The summed E-state index contributed by atoms with van der Waals surface area (Å²) in [5.74, 6) is 1.18. The molecule has 0 unspecified atom stereocenters. The van der Waals surface area contributed by atoms with E-state index in [-0.39, 0.29) is 11.7 Å². The molecule has 2 amide bonds. The normalized spacial score (nSPS) is 13.4. The number of thiazole rings is 1. The van der Waals surface area contributed by atoms with Crippen molar-refractivity contribution in [2.24, 2.45) is 13.0 Å². The highest BCUT2D eigenvalue weighted by Gasteiger charge is 2.27. The lowest BCUT2D eigenvalue weighted by Gasteiger charge is -2.15. The number of urea groups is 1. The third-order valence-electron chi connectivity index (χ3n) is 6.23. The van der Waals surface area contributed by atoms with Crippen molar-refractivity contribution in [3.8, 4) is 5.75 Å². The van der Waals surface area contributed by atoms with Gasteiger partial charge >= 0.3 is 6.03 Å². The fraction of sp³-hybridized carbons (Fsp3) is 0.308. The number of nitrogens with zero attached hydrogens (tertiary/aromatic N) is 5. The fourth-order valence-corrected chi connectivity index (χ4v) is 7.27. The van der Waals surface area contributed by atoms with Crippen LogP contribution in [0.4, 0.5) is 15.6 Å². The van der Waals surface area contributed by atoms with E-state index in [9.17, 15) is 9.59 Å². The third-order valence-corrected chi connectivity index (χ3v) is 9.51. The Morgan fingerprint density at radius 2 is 1.92 bits per heavy atom. The summed E-state index contributed by atoms with van der Waals surface area (Å²) in [6.07, 6.45) is 3.82. The summed E-state index contributed by atoms with van der Waals surface area (Å²) < 4.78 is 7.81. The first-order valence-corrected chi connectivity index (χ1v) is 15.0. The lowest BCUT2D eigenvalue weighted by atomic mass is 9.95. The van der Waals surface area contributed by atoms with Crippen molar-refractivity contribution in [2.75, 3.05) is 17.7 Å². The molecule has 202 valence electrons. The van der Waals surface area contributed by atoms with Gasteiger partial charge in [-0.05, 0) is 65.4 Å². The van der Waals surface area contributed by atoms with Crippen LogP contribution in [0, 0.1) is 5.92 Å². The largest absolute Gasteiger partial charge is 0.497 e. The second-order valence-corrected chi connectivity index (χ2v) is 12.2. The van der Waals surface area contributed by atoms with Crippen LogP contribution < -0.4 is 15.4 Å². The molecule has 39 heavy (non-hydrogen) atoms. The molecule has 1 fully saturated rings. The van der Waals surface area contributed by atoms with Crippen LogP contribution in [0.15, 0.2) is 62.8 Å². The number of thioether (sulfide) groups is 1. The predicted molar refractivity (Wildman–Crippen MR) is 153 cm³/mol. The summed E-state index contributed by atoms with van der Waals surface area (Å²) in [4.78, 5) is 32.1. The van der Waals surface area contributed by atoms with Gasteiger partial charge in [0.15, 0.2) is 10.9 Å². The molecule has 5 rings (SSSR count). The molecule has 10 nitrogen and oxygen atoms in total. The number of aryl methyl sites for hydroxylation is 1. The van der Waals surface area contributed by atoms with Crippen LogP contribution in [-0.2, 0) is 12.8 Å². The molecule has 13 heteroatoms. The number of methoxy groups -OCH3 is 1. The highest BCUT2D eigenvalue weighted by molar-refractivity contribution is 8.01. The third kappa shape index (κ3) is 6.78. The van der Waals surface area contributed by atoms with Crippen LogP contribution in [-0.4, -0.2) is 44.1 Å². The molecule has 1 aliphatic carbocycles. The van der Waals surface area contributed by atoms with E-state index >= 15 is 0 Å². The Kier molecular flexibility index (Phi) is 8.79. The van der Waals surface area contributed by atoms with Gasteiger partial charge < -0.3 is 10.1 Å². The van der Waals surface area contributed by atoms with Crippen LogP contribution in [0.2, 0.25) is 0 Å². The maximum atomic E-state index is 13.2. The monoisotopic (exact) mass is 581 g/mol. The fourth-order valence-electron chi connectivity index (χ4n) is 4.24. The van der Waals surface area contributed by atoms with Crippen molar-refractivity contribution in [1.29, 1.82) is 0 Å². The van der Waals surface area contributed by atoms with Gasteiger partial charge in [0.1, 0.15) is 5.75 Å². The van der Waals surface area contributed by atoms with Gasteiger partial charge in [-0.2, -0.15) is 0 Å². The maximum Gasteiger partial charge on any atom is 0.325 e. The lowest BCUT2D eigenvalue weighted by Crippen LogP contribution is -2.22. The molecule has 4 aromatic rings. The van der Waals surface area contributed by atoms with Gasteiger partial charge in [0, 0.05) is 29.2 Å². The average molecular weight is 582 g/mol. The first-order chi connectivity index (χ1) is 19.0. The molecular formula is C26H27N7O3S3. The van der Waals surface area contributed by atoms with Crippen molar-refractivity contribution in [3.63, 3.8) is 0 Å². The van der Waals surface area contributed by atoms with Gasteiger partial charge in [-0.15, -0.1) is 16.9 Å². The number of nitrogens with one attached hydrogen (secondary N) is 2. The van der Waals surface area contributed by atoms with Gasteiger partial charge in [-0.1, -0.05) is 42.4 Å². The summed E-state index contributed by atoms with van der Waals surface area (Å²) >= 11 is 4.40. The van der Waals surface area contributed by atoms with E-state index in [0.29, 0.717) is 33.0 Å². The Bertz CT molecular complexity index is 1450. The van der Waals surface area contributed by atoms with Crippen molar-refractivity contribution in [3.05, 3.63) is 59.8 Å². The van der Waals surface area contributed by atoms with Crippen LogP contribution in [0.25, 0.3) is 0 Å². The maximum absolute atomic E-state index is 13.2. The second-order valence-electron chi connectivity index (χ2n) is 8.88. The van der Waals surface area contributed by atoms with Crippen LogP contribution in [0.5, 0.6) is 5.75 Å². The first-order valence-electron chi connectivity index (χ1n) is 12.4. The van der Waals surface area contributed by atoms with Crippen LogP contribution in [0.1, 0.15) is 41.7 Å². The highest BCUT2D eigenvalue weighted by Crippen LogP contribution is 2.39. The molecule has 0 atom stereocenters. The number of aromatic nitrogens is 5. The van der Waals surface area contributed by atoms with Crippen molar-refractivity contribution >= 4 is 57.5 Å². The summed E-state index contributed by atoms with van der Waals surface area (Å²) in [7, 11) is 3.33. The number of Topliss-reactive ketones (excluding diaryl/α,β-unsaturated/α-hetero) is 1. The average Bonchev–Trinajstić information content (AvgIpc) is 3.71. The number of ketones is 1. The first kappa shape index (κ1) is 27.2. The molecule has 2 aromatic heterocycles. The summed E-state index contributed by atoms with van der Waals surface area (Å²) in [5, 5.41) is 18.4. The van der Waals surface area contributed by atoms with Gasteiger partial charge in [-0.3, -0.25) is 10.1 Å². The minimum Gasteiger partial charge on any atom is -0.497 e. The zero-order valence-corrected chi connectivity index (χ0v) is 23.9. The van der Waals surface area contributed by atoms with E-state index in [1.165, 1.54) is 23.1 Å². The number of carbonyl (C=O) groups excluding carboxylic acids is 2. The Balaban J connectivity index is 1.33. The molecule has 0 bridgehead atoms. The standard InChI is InChI=1S/C26H27N7O3S3/c1-33-26(30-31-32-33)39-23-21(15-37-18-10-4-3-5-11-18)28-25(38-23)29-24(35)27-20-13-12-17(36-2)14-19(20)22(34)16-8-6-7-9-16/h3-5,10-14,16H,6-9,15H2,1-2H3,(H2,27,28,29,35). The number of hydrogen-bond donors (Lipinski definition) is 2. The van der Waals surface area contributed by atoms with Crippen molar-refractivity contribution in [2.45, 2.75) is 45.7 Å². The zero-order chi connectivity index (χ0) is 27.2. The number of anilines is 2. The number of hydrogen-bond acceptors (Lipinski definition) is 10. The number of benzene rings is 2. The Labute approximate surface area is 238 Å². The molecule has 2 heterocycles. The van der Waals surface area contributed by atoms with E-state index in [1.54, 1.807) is 48.8 Å². The predicted octanol–water partition coefficient (Wildman–Crippen LogP) is 6.14. The molecule has 0 saturated heterocycles. The van der Waals surface area contributed by atoms with Crippen molar-refractivity contribution in [1.82, 2.24) is 25.2 Å². The van der Waals surface area contributed by atoms with E-state index in [4.69, 9.17) is 9.72 Å². The number of carbonyl (C=O) groups is 2. The number of rotatable bonds is 10. The Hall–Kier alpha value is -3.42. The van der Waals surface area contributed by atoms with E-state index in [1.807, 2.05) is 30.3 Å². The van der Waals surface area contributed by atoms with Crippen LogP contribution in [0.3, 0.4) is 0 Å². The Morgan fingerprint density at radius 3 is 2.64 bits per heavy atom. The number of tetrazole rings is 1. The Morgan fingerprint density at radius 1 is 1.13 bits per heavy atom. The molecule has 0 aliphatic heterocycles. The van der Waals surface area contributed by atoms with E-state index < -0.39 is 6.03 Å². The lowest BCUT2D eigenvalue weighted by molar-refractivity contribution is 0.0923. The van der Waals surface area contributed by atoms with Gasteiger partial charge in [0.25, 0.3) is 0 Å². The van der Waals surface area contributed by atoms with Crippen LogP contribution >= 0.6 is 34.9 Å². The second kappa shape index (κ2) is 12.6. The molecule has 2 aromatic carbocycles. The van der Waals surface area contributed by atoms with Gasteiger partial charge in [0.2, 0.25) is 5.16 Å². The molecular weight excluding hydrogens is 555 g/mol. The highest BCUT2D eigenvalue weighted by atomic mass is 32.2. The molecule has 1 saturated carbocycles. The number of amides is 2. The summed E-state index contributed by atoms with van der Waals surface area (Å²) in [5.41, 5.74) is 1.72. The molecule has 2 N–H and O–H groups in total. The molecule has 1 aliphatic rings. The molecule has 0 spiro atoms. The van der Waals surface area contributed by atoms with Gasteiger partial charge in [0.05, 0.1) is 22.7 Å².